The van der Waals surface area contributed by atoms with E-state index in [2.05, 4.69) is 25.0 Å². The van der Waals surface area contributed by atoms with E-state index < -0.39 is 0 Å². The molecule has 1 aromatic carbocycles. The minimum Gasteiger partial charge on any atom is -0.496 e. The summed E-state index contributed by atoms with van der Waals surface area (Å²) in [5.41, 5.74) is 1.12. The predicted octanol–water partition coefficient (Wildman–Crippen LogP) is 2.63. The minimum absolute atomic E-state index is 0.375. The van der Waals surface area contributed by atoms with Gasteiger partial charge in [-0.25, -0.2) is 0 Å². The van der Waals surface area contributed by atoms with Gasteiger partial charge in [0.1, 0.15) is 5.75 Å². The first kappa shape index (κ1) is 9.06. The molecule has 0 saturated carbocycles. The summed E-state index contributed by atoms with van der Waals surface area (Å²) in [6, 6.07) is 6.38. The fourth-order valence-electron chi connectivity index (χ4n) is 1.63. The van der Waals surface area contributed by atoms with Crippen LogP contribution in [0.15, 0.2) is 24.4 Å². The van der Waals surface area contributed by atoms with Gasteiger partial charge in [0.05, 0.1) is 24.2 Å². The molecule has 0 unspecified atom stereocenters. The third kappa shape index (κ3) is 1.25. The standard InChI is InChI=1S/C11H14N2O/c1-8(2)13-10-5-4-6-11(14-3)9(10)7-12-13/h4-8H,1-3H3. The van der Waals surface area contributed by atoms with E-state index in [1.807, 2.05) is 23.0 Å². The maximum absolute atomic E-state index is 5.27. The van der Waals surface area contributed by atoms with Crippen molar-refractivity contribution in [1.82, 2.24) is 9.78 Å². The van der Waals surface area contributed by atoms with Crippen molar-refractivity contribution in [2.24, 2.45) is 0 Å². The summed E-state index contributed by atoms with van der Waals surface area (Å²) >= 11 is 0. The van der Waals surface area contributed by atoms with Crippen LogP contribution in [-0.4, -0.2) is 16.9 Å². The van der Waals surface area contributed by atoms with Crippen molar-refractivity contribution in [2.75, 3.05) is 7.11 Å². The number of fused-ring (bicyclic) bond motifs is 1. The topological polar surface area (TPSA) is 27.1 Å². The average Bonchev–Trinajstić information content (AvgIpc) is 2.60. The SMILES string of the molecule is COc1cccc2c1cnn2C(C)C. The maximum Gasteiger partial charge on any atom is 0.129 e. The molecule has 0 aliphatic carbocycles. The second kappa shape index (κ2) is 3.33. The highest BCUT2D eigenvalue weighted by atomic mass is 16.5. The molecule has 0 aliphatic heterocycles. The normalized spacial score (nSPS) is 11.1. The maximum atomic E-state index is 5.27. The lowest BCUT2D eigenvalue weighted by Crippen LogP contribution is -2.01. The van der Waals surface area contributed by atoms with E-state index >= 15 is 0 Å². The number of aromatic nitrogens is 2. The minimum atomic E-state index is 0.375. The molecule has 2 aromatic rings. The molecule has 0 saturated heterocycles. The van der Waals surface area contributed by atoms with Gasteiger partial charge in [0, 0.05) is 6.04 Å². The Labute approximate surface area is 83.3 Å². The van der Waals surface area contributed by atoms with Gasteiger partial charge >= 0.3 is 0 Å². The summed E-state index contributed by atoms with van der Waals surface area (Å²) in [6.07, 6.45) is 1.86. The van der Waals surface area contributed by atoms with Crippen LogP contribution in [0.2, 0.25) is 0 Å². The first-order valence-electron chi connectivity index (χ1n) is 4.74. The van der Waals surface area contributed by atoms with E-state index in [0.29, 0.717) is 6.04 Å². The largest absolute Gasteiger partial charge is 0.496 e. The van der Waals surface area contributed by atoms with E-state index in [1.165, 1.54) is 0 Å². The number of benzene rings is 1. The summed E-state index contributed by atoms with van der Waals surface area (Å²) in [4.78, 5) is 0. The Kier molecular flexibility index (Phi) is 2.15. The lowest BCUT2D eigenvalue weighted by Gasteiger charge is -2.07. The smallest absolute Gasteiger partial charge is 0.129 e. The van der Waals surface area contributed by atoms with Crippen LogP contribution < -0.4 is 4.74 Å². The zero-order valence-electron chi connectivity index (χ0n) is 8.69. The van der Waals surface area contributed by atoms with Gasteiger partial charge < -0.3 is 4.74 Å². The van der Waals surface area contributed by atoms with Gasteiger partial charge in [0.25, 0.3) is 0 Å². The van der Waals surface area contributed by atoms with Crippen LogP contribution >= 0.6 is 0 Å². The van der Waals surface area contributed by atoms with E-state index in [-0.39, 0.29) is 0 Å². The molecule has 1 aromatic heterocycles. The van der Waals surface area contributed by atoms with Crippen LogP contribution in [0.1, 0.15) is 19.9 Å². The quantitative estimate of drug-likeness (QED) is 0.727. The molecule has 14 heavy (non-hydrogen) atoms. The molecule has 1 heterocycles. The van der Waals surface area contributed by atoms with Crippen molar-refractivity contribution in [3.63, 3.8) is 0 Å². The molecule has 3 heteroatoms. The first-order valence-corrected chi connectivity index (χ1v) is 4.74. The summed E-state index contributed by atoms with van der Waals surface area (Å²) in [7, 11) is 1.68. The van der Waals surface area contributed by atoms with Crippen LogP contribution in [0.25, 0.3) is 10.9 Å². The Bertz CT molecular complexity index is 445. The summed E-state index contributed by atoms with van der Waals surface area (Å²) in [6.45, 7) is 4.23. The third-order valence-electron chi connectivity index (χ3n) is 2.31. The number of methoxy groups -OCH3 is 1. The van der Waals surface area contributed by atoms with E-state index in [4.69, 9.17) is 4.74 Å². The lowest BCUT2D eigenvalue weighted by atomic mass is 10.2. The van der Waals surface area contributed by atoms with Gasteiger partial charge in [-0.15, -0.1) is 0 Å². The Morgan fingerprint density at radius 2 is 2.14 bits per heavy atom. The Morgan fingerprint density at radius 3 is 2.79 bits per heavy atom. The fraction of sp³-hybridized carbons (Fsp3) is 0.364. The number of ether oxygens (including phenoxy) is 1. The molecular formula is C11H14N2O. The van der Waals surface area contributed by atoms with Crippen LogP contribution in [0, 0.1) is 0 Å². The summed E-state index contributed by atoms with van der Waals surface area (Å²) in [5, 5.41) is 5.41. The first-order chi connectivity index (χ1) is 6.74. The molecule has 0 spiro atoms. The molecule has 0 bridgehead atoms. The van der Waals surface area contributed by atoms with Crippen molar-refractivity contribution < 1.29 is 4.74 Å². The van der Waals surface area contributed by atoms with Crippen LogP contribution in [0.3, 0.4) is 0 Å². The van der Waals surface area contributed by atoms with Crippen LogP contribution in [0.4, 0.5) is 0 Å². The second-order valence-corrected chi connectivity index (χ2v) is 3.58. The van der Waals surface area contributed by atoms with Crippen LogP contribution in [0.5, 0.6) is 5.75 Å². The number of nitrogens with zero attached hydrogens (tertiary/aromatic N) is 2. The van der Waals surface area contributed by atoms with Gasteiger partial charge in [0.2, 0.25) is 0 Å². The Hall–Kier alpha value is -1.51. The van der Waals surface area contributed by atoms with Gasteiger partial charge in [0.15, 0.2) is 0 Å². The summed E-state index contributed by atoms with van der Waals surface area (Å²) < 4.78 is 7.27. The highest BCUT2D eigenvalue weighted by Gasteiger charge is 2.08. The van der Waals surface area contributed by atoms with Crippen molar-refractivity contribution in [1.29, 1.82) is 0 Å². The van der Waals surface area contributed by atoms with Gasteiger partial charge in [-0.05, 0) is 26.0 Å². The van der Waals surface area contributed by atoms with Gasteiger partial charge in [-0.1, -0.05) is 6.07 Å². The zero-order valence-corrected chi connectivity index (χ0v) is 8.69. The molecular weight excluding hydrogens is 176 g/mol. The van der Waals surface area contributed by atoms with Gasteiger partial charge in [-0.2, -0.15) is 5.10 Å². The third-order valence-corrected chi connectivity index (χ3v) is 2.31. The molecule has 0 N–H and O–H groups in total. The zero-order chi connectivity index (χ0) is 10.1. The van der Waals surface area contributed by atoms with Crippen molar-refractivity contribution >= 4 is 10.9 Å². The Morgan fingerprint density at radius 1 is 1.36 bits per heavy atom. The molecule has 0 fully saturated rings. The second-order valence-electron chi connectivity index (χ2n) is 3.58. The number of rotatable bonds is 2. The number of hydrogen-bond donors (Lipinski definition) is 0. The lowest BCUT2D eigenvalue weighted by molar-refractivity contribution is 0.420. The van der Waals surface area contributed by atoms with Crippen molar-refractivity contribution in [2.45, 2.75) is 19.9 Å². The molecule has 3 nitrogen and oxygen atoms in total. The van der Waals surface area contributed by atoms with E-state index in [0.717, 1.165) is 16.7 Å². The Balaban J connectivity index is 2.69. The fourth-order valence-corrected chi connectivity index (χ4v) is 1.63. The molecule has 0 atom stereocenters. The highest BCUT2D eigenvalue weighted by molar-refractivity contribution is 5.85. The molecule has 0 amide bonds. The van der Waals surface area contributed by atoms with Crippen LogP contribution in [-0.2, 0) is 0 Å². The highest BCUT2D eigenvalue weighted by Crippen LogP contribution is 2.26. The summed E-state index contributed by atoms with van der Waals surface area (Å²) in [5.74, 6) is 0.884. The molecule has 0 radical (unpaired) electrons. The van der Waals surface area contributed by atoms with Crippen molar-refractivity contribution in [3.05, 3.63) is 24.4 Å². The van der Waals surface area contributed by atoms with Crippen molar-refractivity contribution in [3.8, 4) is 5.75 Å². The molecule has 0 aliphatic rings. The molecule has 74 valence electrons. The molecule has 2 rings (SSSR count). The monoisotopic (exact) mass is 190 g/mol. The van der Waals surface area contributed by atoms with E-state index in [9.17, 15) is 0 Å². The average molecular weight is 190 g/mol. The predicted molar refractivity (Wildman–Crippen MR) is 56.7 cm³/mol. The van der Waals surface area contributed by atoms with E-state index in [1.54, 1.807) is 7.11 Å². The van der Waals surface area contributed by atoms with Gasteiger partial charge in [-0.3, -0.25) is 4.68 Å². The number of hydrogen-bond acceptors (Lipinski definition) is 2.